The Morgan fingerprint density at radius 3 is 2.09 bits per heavy atom. The first-order chi connectivity index (χ1) is 10.7. The quantitative estimate of drug-likeness (QED) is 0.684. The number of hydrogen-bond acceptors (Lipinski definition) is 3. The number of benzene rings is 2. The first-order valence-electron chi connectivity index (χ1n) is 6.75. The molecule has 6 heteroatoms. The Morgan fingerprint density at radius 1 is 1.00 bits per heavy atom. The van der Waals surface area contributed by atoms with Gasteiger partial charge in [-0.15, -0.1) is 0 Å². The summed E-state index contributed by atoms with van der Waals surface area (Å²) in [7, 11) is -1.74. The third-order valence-electron chi connectivity index (χ3n) is 3.58. The van der Waals surface area contributed by atoms with Gasteiger partial charge < -0.3 is 9.87 Å². The Kier molecular flexibility index (Phi) is 4.00. The first-order valence-corrected chi connectivity index (χ1v) is 7.97. The van der Waals surface area contributed by atoms with Gasteiger partial charge in [0.05, 0.1) is 6.04 Å². The zero-order chi connectivity index (χ0) is 15.5. The number of nitrogens with zero attached hydrogens (tertiary/aromatic N) is 2. The molecule has 0 saturated carbocycles. The van der Waals surface area contributed by atoms with Gasteiger partial charge in [-0.3, -0.25) is 4.79 Å². The fourth-order valence-corrected chi connectivity index (χ4v) is 4.02. The molecule has 1 amide bonds. The summed E-state index contributed by atoms with van der Waals surface area (Å²) in [6.45, 7) is 0. The molecule has 0 aromatic heterocycles. The Balaban J connectivity index is 2.15. The largest absolute Gasteiger partial charge is 0.797 e. The minimum atomic E-state index is -1.74. The number of carbonyl (C=O) groups is 1. The van der Waals surface area contributed by atoms with Crippen LogP contribution in [-0.2, 0) is 4.79 Å². The Bertz CT molecular complexity index is 769. The zero-order valence-corrected chi connectivity index (χ0v) is 12.4. The molecule has 5 nitrogen and oxygen atoms in total. The predicted octanol–water partition coefficient (Wildman–Crippen LogP) is 2.98. The molecule has 1 aliphatic rings. The molecule has 2 aromatic carbocycles. The lowest BCUT2D eigenvalue weighted by atomic mass is 9.98. The van der Waals surface area contributed by atoms with Gasteiger partial charge in [0, 0.05) is 5.25 Å². The van der Waals surface area contributed by atoms with Gasteiger partial charge >= 0.3 is 10.9 Å². The summed E-state index contributed by atoms with van der Waals surface area (Å²) in [5.41, 5.74) is 1.67. The highest BCUT2D eigenvalue weighted by molar-refractivity contribution is 8.12. The molecule has 0 bridgehead atoms. The zero-order valence-electron chi connectivity index (χ0n) is 11.5. The average molecular weight is 311 g/mol. The minimum absolute atomic E-state index is 0.346. The van der Waals surface area contributed by atoms with Crippen molar-refractivity contribution in [2.24, 2.45) is 0 Å². The SMILES string of the molecule is N#[N+]C1=S([O-])[C@@H](c2ccccc2)[C@@H](c2ccccc2)NC1=O. The van der Waals surface area contributed by atoms with Crippen molar-refractivity contribution in [3.05, 3.63) is 76.8 Å². The molecule has 3 rings (SSSR count). The van der Waals surface area contributed by atoms with Crippen molar-refractivity contribution >= 4 is 21.7 Å². The van der Waals surface area contributed by atoms with Crippen LogP contribution in [0, 0.1) is 5.39 Å². The fraction of sp³-hybridized carbons (Fsp3) is 0.125. The second-order valence-electron chi connectivity index (χ2n) is 4.90. The van der Waals surface area contributed by atoms with Gasteiger partial charge in [0.1, 0.15) is 0 Å². The van der Waals surface area contributed by atoms with Crippen molar-refractivity contribution in [2.75, 3.05) is 0 Å². The maximum absolute atomic E-state index is 12.7. The lowest BCUT2D eigenvalue weighted by molar-refractivity contribution is -0.115. The summed E-state index contributed by atoms with van der Waals surface area (Å²) in [6.07, 6.45) is 0. The molecular weight excluding hydrogens is 298 g/mol. The van der Waals surface area contributed by atoms with Crippen LogP contribution in [-0.4, -0.2) is 15.4 Å². The van der Waals surface area contributed by atoms with Crippen LogP contribution in [0.3, 0.4) is 0 Å². The normalized spacial score (nSPS) is 24.5. The van der Waals surface area contributed by atoms with E-state index in [0.29, 0.717) is 0 Å². The van der Waals surface area contributed by atoms with E-state index >= 15 is 0 Å². The van der Waals surface area contributed by atoms with Gasteiger partial charge in [0.15, 0.2) is 4.98 Å². The monoisotopic (exact) mass is 311 g/mol. The van der Waals surface area contributed by atoms with E-state index < -0.39 is 28.0 Å². The van der Waals surface area contributed by atoms with Gasteiger partial charge in [-0.05, 0) is 11.1 Å². The highest BCUT2D eigenvalue weighted by Crippen LogP contribution is 2.45. The van der Waals surface area contributed by atoms with Crippen LogP contribution < -0.4 is 5.32 Å². The van der Waals surface area contributed by atoms with Crippen molar-refractivity contribution in [1.82, 2.24) is 5.32 Å². The van der Waals surface area contributed by atoms with Crippen LogP contribution in [0.2, 0.25) is 0 Å². The number of nitrogens with one attached hydrogen (secondary N) is 1. The van der Waals surface area contributed by atoms with E-state index in [2.05, 4.69) is 10.3 Å². The molecule has 1 aliphatic heterocycles. The van der Waals surface area contributed by atoms with Gasteiger partial charge in [-0.2, -0.15) is 10.8 Å². The molecule has 3 atom stereocenters. The summed E-state index contributed by atoms with van der Waals surface area (Å²) < 4.78 is 12.7. The highest BCUT2D eigenvalue weighted by Gasteiger charge is 2.39. The molecule has 1 heterocycles. The molecule has 22 heavy (non-hydrogen) atoms. The Labute approximate surface area is 130 Å². The Hall–Kier alpha value is -2.49. The molecule has 1 unspecified atom stereocenters. The number of carbonyl (C=O) groups excluding carboxylic acids is 1. The molecule has 0 radical (unpaired) electrons. The van der Waals surface area contributed by atoms with E-state index in [1.807, 2.05) is 60.7 Å². The van der Waals surface area contributed by atoms with Crippen LogP contribution >= 0.6 is 10.8 Å². The molecule has 0 fully saturated rings. The summed E-state index contributed by atoms with van der Waals surface area (Å²) in [5.74, 6) is -0.609. The van der Waals surface area contributed by atoms with Crippen molar-refractivity contribution in [3.63, 3.8) is 0 Å². The minimum Gasteiger partial charge on any atom is -0.797 e. The molecule has 2 aromatic rings. The van der Waals surface area contributed by atoms with Crippen molar-refractivity contribution < 1.29 is 9.35 Å². The number of hydrogen-bond donors (Lipinski definition) is 1. The number of diazo groups is 1. The summed E-state index contributed by atoms with van der Waals surface area (Å²) in [5, 5.41) is 11.3. The summed E-state index contributed by atoms with van der Waals surface area (Å²) >= 11 is 0. The van der Waals surface area contributed by atoms with Crippen LogP contribution in [0.1, 0.15) is 22.4 Å². The molecule has 110 valence electrons. The van der Waals surface area contributed by atoms with Gasteiger partial charge in [-0.25, -0.2) is 0 Å². The maximum atomic E-state index is 12.7. The molecular formula is C16H13N3O2S. The highest BCUT2D eigenvalue weighted by atomic mass is 32.2. The summed E-state index contributed by atoms with van der Waals surface area (Å²) in [6, 6.07) is 18.2. The van der Waals surface area contributed by atoms with E-state index in [-0.39, 0.29) is 4.99 Å². The smallest absolute Gasteiger partial charge is 0.461 e. The first kappa shape index (κ1) is 14.4. The molecule has 0 spiro atoms. The van der Waals surface area contributed by atoms with Crippen LogP contribution in [0.4, 0.5) is 0 Å². The molecule has 0 aliphatic carbocycles. The third kappa shape index (κ3) is 2.52. The van der Waals surface area contributed by atoms with E-state index in [1.165, 1.54) is 0 Å². The van der Waals surface area contributed by atoms with Crippen molar-refractivity contribution in [1.29, 1.82) is 5.39 Å². The van der Waals surface area contributed by atoms with E-state index in [0.717, 1.165) is 11.1 Å². The van der Waals surface area contributed by atoms with Crippen LogP contribution in [0.5, 0.6) is 0 Å². The molecule has 0 saturated heterocycles. The van der Waals surface area contributed by atoms with E-state index in [1.54, 1.807) is 0 Å². The van der Waals surface area contributed by atoms with Gasteiger partial charge in [-0.1, -0.05) is 60.7 Å². The van der Waals surface area contributed by atoms with Gasteiger partial charge in [0.2, 0.25) is 5.39 Å². The van der Waals surface area contributed by atoms with Crippen LogP contribution in [0.25, 0.3) is 4.98 Å². The predicted molar refractivity (Wildman–Crippen MR) is 85.0 cm³/mol. The molecule has 1 N–H and O–H groups in total. The average Bonchev–Trinajstić information content (AvgIpc) is 2.56. The van der Waals surface area contributed by atoms with Gasteiger partial charge in [0.25, 0.3) is 0 Å². The number of rotatable bonds is 2. The number of amides is 1. The fourth-order valence-electron chi connectivity index (χ4n) is 2.58. The lowest BCUT2D eigenvalue weighted by Gasteiger charge is -2.35. The topological polar surface area (TPSA) is 80.3 Å². The third-order valence-corrected chi connectivity index (χ3v) is 5.24. The maximum Gasteiger partial charge on any atom is 0.461 e. The lowest BCUT2D eigenvalue weighted by Crippen LogP contribution is -2.40. The Morgan fingerprint density at radius 2 is 1.55 bits per heavy atom. The standard InChI is InChI=1S/C16H13N3O2S/c17-19-16-15(20)18-13(11-7-3-1-4-8-11)14(22(16)21)12-9-5-2-6-10-12/h1-10,13-14H,(H-,18,20,21)/t13-,14+,22?/m1/s1. The van der Waals surface area contributed by atoms with Crippen LogP contribution in [0.15, 0.2) is 60.7 Å². The van der Waals surface area contributed by atoms with E-state index in [9.17, 15) is 9.35 Å². The van der Waals surface area contributed by atoms with E-state index in [4.69, 9.17) is 5.39 Å². The second kappa shape index (κ2) is 6.10. The summed E-state index contributed by atoms with van der Waals surface area (Å²) in [4.78, 5) is 14.6. The van der Waals surface area contributed by atoms with Crippen molar-refractivity contribution in [2.45, 2.75) is 11.3 Å². The van der Waals surface area contributed by atoms with Crippen molar-refractivity contribution in [3.8, 4) is 0 Å². The second-order valence-corrected chi connectivity index (χ2v) is 6.39.